The lowest BCUT2D eigenvalue weighted by Crippen LogP contribution is -2.46. The number of halogens is 2. The van der Waals surface area contributed by atoms with E-state index in [1.165, 1.54) is 0 Å². The zero-order valence-electron chi connectivity index (χ0n) is 14.6. The zero-order chi connectivity index (χ0) is 20.8. The molecule has 0 radical (unpaired) electrons. The summed E-state index contributed by atoms with van der Waals surface area (Å²) in [6.07, 6.45) is -1.04. The quantitative estimate of drug-likeness (QED) is 0.509. The minimum Gasteiger partial charge on any atom is -0.484 e. The Morgan fingerprint density at radius 2 is 1.96 bits per heavy atom. The third-order valence-corrected chi connectivity index (χ3v) is 2.75. The number of hydrogen-bond donors (Lipinski definition) is 2. The Bertz CT molecular complexity index is 706. The van der Waals surface area contributed by atoms with Crippen LogP contribution in [0.3, 0.4) is 0 Å². The van der Waals surface area contributed by atoms with Crippen molar-refractivity contribution in [1.82, 2.24) is 5.32 Å². The molecule has 0 saturated carbocycles. The fraction of sp³-hybridized carbons (Fsp3) is 0.467. The molecule has 0 bridgehead atoms. The summed E-state index contributed by atoms with van der Waals surface area (Å²) in [5.41, 5.74) is -1.48. The van der Waals surface area contributed by atoms with Gasteiger partial charge in [-0.1, -0.05) is 0 Å². The van der Waals surface area contributed by atoms with Crippen molar-refractivity contribution < 1.29 is 42.6 Å². The van der Waals surface area contributed by atoms with E-state index in [0.717, 1.165) is 18.2 Å². The van der Waals surface area contributed by atoms with Crippen molar-refractivity contribution >= 4 is 17.7 Å². The maximum absolute atomic E-state index is 12.3. The van der Waals surface area contributed by atoms with Crippen LogP contribution in [0.2, 0.25) is 0 Å². The minimum atomic E-state index is -3.17. The number of nitro benzene ring substituents is 1. The lowest BCUT2D eigenvalue weighted by Gasteiger charge is -2.22. The number of carbonyl (C=O) groups excluding carboxylic acids is 1. The minimum absolute atomic E-state index is 0.419. The second-order valence-electron chi connectivity index (χ2n) is 6.11. The van der Waals surface area contributed by atoms with Gasteiger partial charge < -0.3 is 24.6 Å². The van der Waals surface area contributed by atoms with Crippen LogP contribution in [-0.2, 0) is 9.53 Å². The van der Waals surface area contributed by atoms with Crippen LogP contribution in [0, 0.1) is 10.1 Å². The summed E-state index contributed by atoms with van der Waals surface area (Å²) in [5.74, 6) is -2.42. The lowest BCUT2D eigenvalue weighted by atomic mass is 10.2. The molecule has 1 rings (SSSR count). The van der Waals surface area contributed by atoms with Gasteiger partial charge in [-0.3, -0.25) is 10.1 Å². The molecule has 0 fully saturated rings. The van der Waals surface area contributed by atoms with Crippen LogP contribution in [0.25, 0.3) is 0 Å². The Morgan fingerprint density at radius 3 is 2.44 bits per heavy atom. The molecule has 0 aliphatic carbocycles. The number of amides is 1. The van der Waals surface area contributed by atoms with Crippen molar-refractivity contribution in [2.75, 3.05) is 6.61 Å². The molecule has 0 saturated heterocycles. The van der Waals surface area contributed by atoms with Gasteiger partial charge in [0.05, 0.1) is 4.92 Å². The van der Waals surface area contributed by atoms with Crippen LogP contribution in [0.1, 0.15) is 20.8 Å². The molecule has 1 amide bonds. The van der Waals surface area contributed by atoms with Gasteiger partial charge >= 0.3 is 24.4 Å². The number of alkyl halides is 2. The van der Waals surface area contributed by atoms with Gasteiger partial charge in [0.25, 0.3) is 0 Å². The molecule has 0 aliphatic rings. The first kappa shape index (κ1) is 21.9. The zero-order valence-corrected chi connectivity index (χ0v) is 14.6. The number of ether oxygens (including phenoxy) is 3. The summed E-state index contributed by atoms with van der Waals surface area (Å²) in [6.45, 7) is 0.803. The highest BCUT2D eigenvalue weighted by Crippen LogP contribution is 2.32. The molecule has 27 heavy (non-hydrogen) atoms. The van der Waals surface area contributed by atoms with E-state index in [2.05, 4.69) is 4.74 Å². The number of rotatable bonds is 8. The van der Waals surface area contributed by atoms with Crippen LogP contribution in [0.4, 0.5) is 19.3 Å². The highest BCUT2D eigenvalue weighted by atomic mass is 19.3. The molecular weight excluding hydrogens is 374 g/mol. The number of benzene rings is 1. The monoisotopic (exact) mass is 392 g/mol. The van der Waals surface area contributed by atoms with Gasteiger partial charge in [-0.2, -0.15) is 8.78 Å². The number of carbonyl (C=O) groups is 2. The molecule has 1 aromatic rings. The Morgan fingerprint density at radius 1 is 1.33 bits per heavy atom. The Balaban J connectivity index is 2.92. The normalized spacial score (nSPS) is 12.2. The SMILES string of the molecule is CC(C)(C)OC(=O)N[C@@H](COc1cc(OC(F)F)ccc1[N+](=O)[O-])C(=O)O. The fourth-order valence-corrected chi connectivity index (χ4v) is 1.73. The highest BCUT2D eigenvalue weighted by molar-refractivity contribution is 5.80. The van der Waals surface area contributed by atoms with Crippen LogP contribution < -0.4 is 14.8 Å². The predicted octanol–water partition coefficient (Wildman–Crippen LogP) is 2.55. The first-order valence-corrected chi connectivity index (χ1v) is 7.47. The van der Waals surface area contributed by atoms with Crippen molar-refractivity contribution in [3.8, 4) is 11.5 Å². The van der Waals surface area contributed by atoms with Crippen molar-refractivity contribution in [2.24, 2.45) is 0 Å². The number of carboxylic acids is 1. The van der Waals surface area contributed by atoms with Crippen LogP contribution >= 0.6 is 0 Å². The first-order valence-electron chi connectivity index (χ1n) is 7.47. The van der Waals surface area contributed by atoms with E-state index in [9.17, 15) is 28.5 Å². The largest absolute Gasteiger partial charge is 0.484 e. The molecule has 150 valence electrons. The summed E-state index contributed by atoms with van der Waals surface area (Å²) in [5, 5.41) is 22.2. The van der Waals surface area contributed by atoms with Gasteiger partial charge in [0, 0.05) is 12.1 Å². The third-order valence-electron chi connectivity index (χ3n) is 2.75. The maximum atomic E-state index is 12.3. The van der Waals surface area contributed by atoms with Crippen molar-refractivity contribution in [3.63, 3.8) is 0 Å². The van der Waals surface area contributed by atoms with E-state index >= 15 is 0 Å². The smallest absolute Gasteiger partial charge is 0.408 e. The molecule has 12 heteroatoms. The second kappa shape index (κ2) is 8.96. The average Bonchev–Trinajstić information content (AvgIpc) is 2.48. The summed E-state index contributed by atoms with van der Waals surface area (Å²) in [6, 6.07) is 1.00. The number of nitrogens with zero attached hydrogens (tertiary/aromatic N) is 1. The van der Waals surface area contributed by atoms with E-state index in [-0.39, 0.29) is 0 Å². The predicted molar refractivity (Wildman–Crippen MR) is 86.0 cm³/mol. The van der Waals surface area contributed by atoms with Gasteiger partial charge in [-0.05, 0) is 26.8 Å². The topological polar surface area (TPSA) is 137 Å². The van der Waals surface area contributed by atoms with Crippen molar-refractivity contribution in [1.29, 1.82) is 0 Å². The number of carboxylic acid groups (broad SMARTS) is 1. The number of nitrogens with one attached hydrogen (secondary N) is 1. The summed E-state index contributed by atoms with van der Waals surface area (Å²) in [7, 11) is 0. The summed E-state index contributed by atoms with van der Waals surface area (Å²) >= 11 is 0. The maximum Gasteiger partial charge on any atom is 0.408 e. The van der Waals surface area contributed by atoms with E-state index in [1.807, 2.05) is 5.32 Å². The lowest BCUT2D eigenvalue weighted by molar-refractivity contribution is -0.385. The molecule has 1 atom stereocenters. The van der Waals surface area contributed by atoms with E-state index in [1.54, 1.807) is 20.8 Å². The third kappa shape index (κ3) is 7.71. The van der Waals surface area contributed by atoms with Gasteiger partial charge in [0.1, 0.15) is 18.0 Å². The summed E-state index contributed by atoms with van der Waals surface area (Å²) < 4.78 is 38.6. The molecular formula is C15H18F2N2O8. The Labute approximate surface area is 152 Å². The van der Waals surface area contributed by atoms with Gasteiger partial charge in [0.15, 0.2) is 6.04 Å². The second-order valence-corrected chi connectivity index (χ2v) is 6.11. The first-order chi connectivity index (χ1) is 12.4. The molecule has 0 aromatic heterocycles. The average molecular weight is 392 g/mol. The van der Waals surface area contributed by atoms with E-state index in [0.29, 0.717) is 0 Å². The van der Waals surface area contributed by atoms with Crippen LogP contribution in [0.15, 0.2) is 18.2 Å². The fourth-order valence-electron chi connectivity index (χ4n) is 1.73. The molecule has 10 nitrogen and oxygen atoms in total. The summed E-state index contributed by atoms with van der Waals surface area (Å²) in [4.78, 5) is 33.1. The van der Waals surface area contributed by atoms with E-state index in [4.69, 9.17) is 14.6 Å². The molecule has 2 N–H and O–H groups in total. The molecule has 0 spiro atoms. The highest BCUT2D eigenvalue weighted by Gasteiger charge is 2.26. The number of nitro groups is 1. The standard InChI is InChI=1S/C15H18F2N2O8/c1-15(2,3)27-14(22)18-9(12(20)21)7-25-11-6-8(26-13(16)17)4-5-10(11)19(23)24/h4-6,9,13H,7H2,1-3H3,(H,18,22)(H,20,21)/t9-/m0/s1. The molecule has 0 heterocycles. The number of alkyl carbamates (subject to hydrolysis) is 1. The van der Waals surface area contributed by atoms with Crippen LogP contribution in [0.5, 0.6) is 11.5 Å². The van der Waals surface area contributed by atoms with Crippen LogP contribution in [-0.4, -0.2) is 47.0 Å². The van der Waals surface area contributed by atoms with Gasteiger partial charge in [-0.15, -0.1) is 0 Å². The van der Waals surface area contributed by atoms with Crippen molar-refractivity contribution in [2.45, 2.75) is 39.0 Å². The molecule has 0 unspecified atom stereocenters. The van der Waals surface area contributed by atoms with Crippen molar-refractivity contribution in [3.05, 3.63) is 28.3 Å². The van der Waals surface area contributed by atoms with E-state index < -0.39 is 59.0 Å². The Kier molecular flexibility index (Phi) is 7.26. The van der Waals surface area contributed by atoms with Gasteiger partial charge in [-0.25, -0.2) is 9.59 Å². The molecule has 1 aromatic carbocycles. The molecule has 0 aliphatic heterocycles. The number of hydrogen-bond acceptors (Lipinski definition) is 7. The number of aliphatic carboxylic acids is 1. The van der Waals surface area contributed by atoms with Gasteiger partial charge in [0.2, 0.25) is 5.75 Å². The Hall–Kier alpha value is -3.18.